The van der Waals surface area contributed by atoms with Gasteiger partial charge in [-0.15, -0.1) is 0 Å². The van der Waals surface area contributed by atoms with Crippen LogP contribution in [0.1, 0.15) is 17.7 Å². The smallest absolute Gasteiger partial charge is 0.284 e. The van der Waals surface area contributed by atoms with Crippen molar-refractivity contribution >= 4 is 15.9 Å². The van der Waals surface area contributed by atoms with Crippen molar-refractivity contribution in [2.24, 2.45) is 0 Å². The van der Waals surface area contributed by atoms with E-state index in [1.165, 1.54) is 13.2 Å². The Hall–Kier alpha value is -1.22. The zero-order valence-corrected chi connectivity index (χ0v) is 9.38. The lowest BCUT2D eigenvalue weighted by molar-refractivity contribution is 0.141. The van der Waals surface area contributed by atoms with Gasteiger partial charge in [-0.25, -0.2) is 13.8 Å². The van der Waals surface area contributed by atoms with Crippen LogP contribution in [0.25, 0.3) is 0 Å². The zero-order valence-electron chi connectivity index (χ0n) is 7.80. The number of hydrogen-bond acceptors (Lipinski definition) is 3. The van der Waals surface area contributed by atoms with Gasteiger partial charge in [-0.2, -0.15) is 5.26 Å². The Morgan fingerprint density at radius 3 is 2.80 bits per heavy atom. The Kier molecular flexibility index (Phi) is 3.97. The monoisotopic (exact) mass is 276 g/mol. The van der Waals surface area contributed by atoms with Crippen LogP contribution in [0.5, 0.6) is 5.75 Å². The molecule has 0 bridgehead atoms. The minimum absolute atomic E-state index is 0.00398. The summed E-state index contributed by atoms with van der Waals surface area (Å²) in [4.78, 5) is 3.62. The largest absolute Gasteiger partial charge is 0.494 e. The van der Waals surface area contributed by atoms with Crippen LogP contribution in [0.3, 0.4) is 0 Å². The number of methoxy groups -OCH3 is 1. The van der Waals surface area contributed by atoms with Gasteiger partial charge in [0.15, 0.2) is 5.75 Å². The number of alkyl halides is 2. The van der Waals surface area contributed by atoms with Gasteiger partial charge >= 0.3 is 0 Å². The molecular weight excluding hydrogens is 270 g/mol. The topological polar surface area (TPSA) is 45.9 Å². The number of rotatable bonds is 3. The van der Waals surface area contributed by atoms with Gasteiger partial charge < -0.3 is 4.74 Å². The minimum Gasteiger partial charge on any atom is -0.494 e. The summed E-state index contributed by atoms with van der Waals surface area (Å²) in [6, 6.07) is 3.37. The molecule has 15 heavy (non-hydrogen) atoms. The van der Waals surface area contributed by atoms with E-state index in [1.54, 1.807) is 0 Å². The molecule has 0 amide bonds. The van der Waals surface area contributed by atoms with Crippen LogP contribution < -0.4 is 4.74 Å². The minimum atomic E-state index is -2.73. The summed E-state index contributed by atoms with van der Waals surface area (Å²) in [7, 11) is 1.28. The molecule has 0 spiro atoms. The Morgan fingerprint density at radius 2 is 2.33 bits per heavy atom. The summed E-state index contributed by atoms with van der Waals surface area (Å²) < 4.78 is 30.2. The van der Waals surface area contributed by atoms with Gasteiger partial charge in [0, 0.05) is 5.56 Å². The normalized spacial score (nSPS) is 10.1. The van der Waals surface area contributed by atoms with Gasteiger partial charge in [0.05, 0.1) is 19.6 Å². The van der Waals surface area contributed by atoms with Gasteiger partial charge in [0.25, 0.3) is 6.43 Å². The molecule has 1 rings (SSSR count). The van der Waals surface area contributed by atoms with Crippen LogP contribution in [-0.2, 0) is 6.42 Å². The second-order valence-corrected chi connectivity index (χ2v) is 3.47. The van der Waals surface area contributed by atoms with Gasteiger partial charge in [-0.3, -0.25) is 0 Å². The maximum absolute atomic E-state index is 12.6. The molecule has 0 aliphatic rings. The fourth-order valence-electron chi connectivity index (χ4n) is 1.17. The molecular formula is C9H7BrF2N2O. The van der Waals surface area contributed by atoms with Crippen molar-refractivity contribution in [1.82, 2.24) is 4.98 Å². The molecule has 0 saturated heterocycles. The highest BCUT2D eigenvalue weighted by atomic mass is 79.9. The van der Waals surface area contributed by atoms with E-state index >= 15 is 0 Å². The number of aromatic nitrogens is 1. The number of nitriles is 1. The summed E-state index contributed by atoms with van der Waals surface area (Å²) in [6.07, 6.45) is -2.72. The molecule has 1 aromatic heterocycles. The Balaban J connectivity index is 3.33. The lowest BCUT2D eigenvalue weighted by Gasteiger charge is -2.11. The molecule has 0 radical (unpaired) electrons. The molecule has 0 unspecified atom stereocenters. The lowest BCUT2D eigenvalue weighted by atomic mass is 10.1. The number of pyridine rings is 1. The Bertz CT molecular complexity index is 404. The molecule has 0 atom stereocenters. The second-order valence-electron chi connectivity index (χ2n) is 2.66. The fourth-order valence-corrected chi connectivity index (χ4v) is 1.64. The van der Waals surface area contributed by atoms with E-state index in [4.69, 9.17) is 10.00 Å². The molecule has 3 nitrogen and oxygen atoms in total. The first-order valence-electron chi connectivity index (χ1n) is 3.98. The van der Waals surface area contributed by atoms with Crippen molar-refractivity contribution in [3.63, 3.8) is 0 Å². The number of ether oxygens (including phenoxy) is 1. The molecule has 0 N–H and O–H groups in total. The van der Waals surface area contributed by atoms with Crippen LogP contribution in [-0.4, -0.2) is 12.1 Å². The highest BCUT2D eigenvalue weighted by molar-refractivity contribution is 9.10. The summed E-state index contributed by atoms with van der Waals surface area (Å²) >= 11 is 3.01. The average Bonchev–Trinajstić information content (AvgIpc) is 2.17. The summed E-state index contributed by atoms with van der Waals surface area (Å²) in [5.41, 5.74) is -0.0469. The third-order valence-corrected chi connectivity index (χ3v) is 2.13. The highest BCUT2D eigenvalue weighted by Crippen LogP contribution is 2.32. The van der Waals surface area contributed by atoms with Crippen LogP contribution >= 0.6 is 15.9 Å². The van der Waals surface area contributed by atoms with Crippen LogP contribution in [0.4, 0.5) is 8.78 Å². The highest BCUT2D eigenvalue weighted by Gasteiger charge is 2.20. The number of halogens is 3. The maximum atomic E-state index is 12.6. The summed E-state index contributed by atoms with van der Waals surface area (Å²) in [5, 5.41) is 8.53. The van der Waals surface area contributed by atoms with Gasteiger partial charge in [0.1, 0.15) is 10.3 Å². The number of hydrogen-bond donors (Lipinski definition) is 0. The van der Waals surface area contributed by atoms with Crippen molar-refractivity contribution < 1.29 is 13.5 Å². The van der Waals surface area contributed by atoms with Crippen molar-refractivity contribution in [3.05, 3.63) is 21.9 Å². The van der Waals surface area contributed by atoms with E-state index in [9.17, 15) is 8.78 Å². The SMILES string of the molecule is COc1c(CC#N)cc(Br)nc1C(F)F. The van der Waals surface area contributed by atoms with Crippen molar-refractivity contribution in [3.8, 4) is 11.8 Å². The first kappa shape index (κ1) is 11.9. The van der Waals surface area contributed by atoms with E-state index in [1.807, 2.05) is 6.07 Å². The lowest BCUT2D eigenvalue weighted by Crippen LogP contribution is -2.01. The Morgan fingerprint density at radius 1 is 1.67 bits per heavy atom. The van der Waals surface area contributed by atoms with Gasteiger partial charge in [0.2, 0.25) is 0 Å². The van der Waals surface area contributed by atoms with Crippen molar-refractivity contribution in [2.45, 2.75) is 12.8 Å². The molecule has 80 valence electrons. The van der Waals surface area contributed by atoms with E-state index in [-0.39, 0.29) is 16.8 Å². The van der Waals surface area contributed by atoms with Crippen molar-refractivity contribution in [2.75, 3.05) is 7.11 Å². The first-order chi connectivity index (χ1) is 7.10. The fraction of sp³-hybridized carbons (Fsp3) is 0.333. The predicted octanol–water partition coefficient (Wildman–Crippen LogP) is 2.86. The van der Waals surface area contributed by atoms with E-state index in [0.717, 1.165) is 0 Å². The van der Waals surface area contributed by atoms with E-state index in [0.29, 0.717) is 5.56 Å². The third kappa shape index (κ3) is 2.63. The maximum Gasteiger partial charge on any atom is 0.284 e. The molecule has 0 aromatic carbocycles. The molecule has 0 aliphatic carbocycles. The summed E-state index contributed by atoms with van der Waals surface area (Å²) in [5.74, 6) is -0.0187. The molecule has 6 heteroatoms. The van der Waals surface area contributed by atoms with Crippen LogP contribution in [0.2, 0.25) is 0 Å². The van der Waals surface area contributed by atoms with Crippen LogP contribution in [0.15, 0.2) is 10.7 Å². The molecule has 0 aliphatic heterocycles. The Labute approximate surface area is 93.8 Å². The summed E-state index contributed by atoms with van der Waals surface area (Å²) in [6.45, 7) is 0. The molecule has 1 aromatic rings. The van der Waals surface area contributed by atoms with Gasteiger partial charge in [-0.1, -0.05) is 0 Å². The van der Waals surface area contributed by atoms with E-state index in [2.05, 4.69) is 20.9 Å². The molecule has 0 saturated carbocycles. The predicted molar refractivity (Wildman–Crippen MR) is 52.8 cm³/mol. The quantitative estimate of drug-likeness (QED) is 0.798. The first-order valence-corrected chi connectivity index (χ1v) is 4.77. The third-order valence-electron chi connectivity index (χ3n) is 1.73. The van der Waals surface area contributed by atoms with Gasteiger partial charge in [-0.05, 0) is 22.0 Å². The van der Waals surface area contributed by atoms with E-state index < -0.39 is 12.1 Å². The number of nitrogens with zero attached hydrogens (tertiary/aromatic N) is 2. The molecule has 1 heterocycles. The average molecular weight is 277 g/mol. The molecule has 0 fully saturated rings. The zero-order chi connectivity index (χ0) is 11.4. The van der Waals surface area contributed by atoms with Crippen LogP contribution in [0, 0.1) is 11.3 Å². The standard InChI is InChI=1S/C9H7BrF2N2O/c1-15-8-5(2-3-13)4-6(10)14-7(8)9(11)12/h4,9H,2H2,1H3. The second kappa shape index (κ2) is 5.03. The van der Waals surface area contributed by atoms with Crippen molar-refractivity contribution in [1.29, 1.82) is 5.26 Å².